The number of amides is 4. The number of pyridine rings is 1. The number of carbonyl (C=O) groups excluding carboxylic acids is 3. The number of β-lactam (4-membered cyclic amide) rings is 1. The number of ether oxygens (including phenoxy) is 1. The highest BCUT2D eigenvalue weighted by Gasteiger charge is 2.55. The van der Waals surface area contributed by atoms with Crippen LogP contribution in [0.5, 0.6) is 0 Å². The first-order chi connectivity index (χ1) is 16.8. The molecule has 2 aliphatic rings. The van der Waals surface area contributed by atoms with Crippen LogP contribution in [0.25, 0.3) is 0 Å². The number of imidazole rings is 1. The molecule has 4 rings (SSSR count). The molecule has 2 aromatic rings. The van der Waals surface area contributed by atoms with E-state index in [4.69, 9.17) is 10.5 Å². The Kier molecular flexibility index (Phi) is 7.34. The van der Waals surface area contributed by atoms with Gasteiger partial charge in [-0.05, 0) is 49.3 Å². The van der Waals surface area contributed by atoms with Gasteiger partial charge in [0.1, 0.15) is 11.9 Å². The number of likely N-dealkylation sites (tertiary alicyclic amines) is 1. The van der Waals surface area contributed by atoms with Crippen LogP contribution >= 0.6 is 0 Å². The number of hydrogen-bond acceptors (Lipinski definition) is 7. The van der Waals surface area contributed by atoms with Crippen molar-refractivity contribution in [2.75, 3.05) is 30.9 Å². The van der Waals surface area contributed by atoms with E-state index in [1.165, 1.54) is 4.90 Å². The SMILES string of the molecule is CCC(NC(=O)N1C(=O)[C@H](Cc2ccnc(N)c2)[C@H]1C(=O)N(C)c1nccn1C)C1CCOCC1. The van der Waals surface area contributed by atoms with E-state index < -0.39 is 18.0 Å². The number of hydrogen-bond donors (Lipinski definition) is 2. The zero-order valence-corrected chi connectivity index (χ0v) is 20.4. The van der Waals surface area contributed by atoms with Crippen LogP contribution in [-0.4, -0.2) is 69.6 Å². The molecule has 188 valence electrons. The highest BCUT2D eigenvalue weighted by atomic mass is 16.5. The van der Waals surface area contributed by atoms with Gasteiger partial charge in [0.2, 0.25) is 11.9 Å². The molecule has 3 N–H and O–H groups in total. The van der Waals surface area contributed by atoms with Crippen molar-refractivity contribution in [2.24, 2.45) is 18.9 Å². The second kappa shape index (κ2) is 10.4. The van der Waals surface area contributed by atoms with Crippen LogP contribution in [0.3, 0.4) is 0 Å². The predicted octanol–water partition coefficient (Wildman–Crippen LogP) is 1.34. The first kappa shape index (κ1) is 24.6. The summed E-state index contributed by atoms with van der Waals surface area (Å²) in [6.45, 7) is 3.32. The van der Waals surface area contributed by atoms with E-state index >= 15 is 0 Å². The summed E-state index contributed by atoms with van der Waals surface area (Å²) >= 11 is 0. The molecule has 35 heavy (non-hydrogen) atoms. The van der Waals surface area contributed by atoms with Crippen LogP contribution in [-0.2, 0) is 27.8 Å². The number of rotatable bonds is 7. The third-order valence-electron chi connectivity index (χ3n) is 7.00. The van der Waals surface area contributed by atoms with Gasteiger partial charge in [-0.3, -0.25) is 19.4 Å². The van der Waals surface area contributed by atoms with Crippen LogP contribution in [0.15, 0.2) is 30.7 Å². The quantitative estimate of drug-likeness (QED) is 0.567. The molecule has 0 aromatic carbocycles. The minimum absolute atomic E-state index is 0.0960. The Hall–Kier alpha value is -3.47. The van der Waals surface area contributed by atoms with E-state index in [9.17, 15) is 14.4 Å². The van der Waals surface area contributed by atoms with Gasteiger partial charge in [-0.1, -0.05) is 6.92 Å². The number of nitrogens with zero attached hydrogens (tertiary/aromatic N) is 5. The fraction of sp³-hybridized carbons (Fsp3) is 0.542. The summed E-state index contributed by atoms with van der Waals surface area (Å²) in [6.07, 6.45) is 7.58. The van der Waals surface area contributed by atoms with Crippen molar-refractivity contribution in [3.05, 3.63) is 36.3 Å². The smallest absolute Gasteiger partial charge is 0.325 e. The molecule has 2 saturated heterocycles. The molecule has 0 radical (unpaired) electrons. The summed E-state index contributed by atoms with van der Waals surface area (Å²) in [5.41, 5.74) is 6.58. The molecule has 3 atom stereocenters. The standard InChI is InChI=1S/C24H33N7O4/c1-4-18(16-6-11-35-12-7-16)28-24(34)31-20(22(33)30(3)23-27-9-10-29(23)2)17(21(31)32)13-15-5-8-26-19(25)14-15/h5,8-10,14,16-18,20H,4,6-7,11-13H2,1-3H3,(H2,25,26)(H,28,34)/t17-,18?,20+/m1/s1. The van der Waals surface area contributed by atoms with Gasteiger partial charge in [0.05, 0.1) is 5.92 Å². The maximum absolute atomic E-state index is 13.6. The predicted molar refractivity (Wildman–Crippen MR) is 129 cm³/mol. The number of imide groups is 1. The normalized spacial score (nSPS) is 21.3. The summed E-state index contributed by atoms with van der Waals surface area (Å²) in [5.74, 6) is -0.420. The molecule has 2 aromatic heterocycles. The summed E-state index contributed by atoms with van der Waals surface area (Å²) < 4.78 is 7.15. The molecule has 11 heteroatoms. The molecule has 0 spiro atoms. The lowest BCUT2D eigenvalue weighted by Crippen LogP contribution is -2.71. The summed E-state index contributed by atoms with van der Waals surface area (Å²) in [6, 6.07) is 1.85. The lowest BCUT2D eigenvalue weighted by atomic mass is 9.81. The van der Waals surface area contributed by atoms with Crippen molar-refractivity contribution < 1.29 is 19.1 Å². The number of urea groups is 1. The van der Waals surface area contributed by atoms with Gasteiger partial charge in [0, 0.05) is 51.9 Å². The van der Waals surface area contributed by atoms with Crippen LogP contribution in [0, 0.1) is 11.8 Å². The van der Waals surface area contributed by atoms with E-state index in [-0.39, 0.29) is 30.2 Å². The molecule has 0 aliphatic carbocycles. The monoisotopic (exact) mass is 483 g/mol. The molecule has 4 amide bonds. The van der Waals surface area contributed by atoms with Gasteiger partial charge in [0.15, 0.2) is 0 Å². The summed E-state index contributed by atoms with van der Waals surface area (Å²) in [5, 5.41) is 3.02. The molecular weight excluding hydrogens is 450 g/mol. The number of carbonyl (C=O) groups is 3. The van der Waals surface area contributed by atoms with Gasteiger partial charge in [-0.25, -0.2) is 14.8 Å². The van der Waals surface area contributed by atoms with E-state index in [0.29, 0.717) is 25.0 Å². The van der Waals surface area contributed by atoms with Crippen molar-refractivity contribution in [1.82, 2.24) is 24.8 Å². The number of likely N-dealkylation sites (N-methyl/N-ethyl adjacent to an activating group) is 1. The fourth-order valence-corrected chi connectivity index (χ4v) is 5.01. The average Bonchev–Trinajstić information content (AvgIpc) is 3.29. The number of nitrogens with one attached hydrogen (secondary N) is 1. The maximum Gasteiger partial charge on any atom is 0.325 e. The van der Waals surface area contributed by atoms with Gasteiger partial charge in [-0.15, -0.1) is 0 Å². The van der Waals surface area contributed by atoms with Gasteiger partial charge >= 0.3 is 6.03 Å². The average molecular weight is 484 g/mol. The molecule has 0 saturated carbocycles. The Bertz CT molecular complexity index is 1080. The molecular formula is C24H33N7O4. The number of nitrogens with two attached hydrogens (primary N) is 1. The largest absolute Gasteiger partial charge is 0.384 e. The van der Waals surface area contributed by atoms with E-state index in [1.54, 1.807) is 49.4 Å². The fourth-order valence-electron chi connectivity index (χ4n) is 5.01. The molecule has 4 heterocycles. The molecule has 0 bridgehead atoms. The van der Waals surface area contributed by atoms with Gasteiger partial charge in [0.25, 0.3) is 5.91 Å². The first-order valence-corrected chi connectivity index (χ1v) is 12.0. The Morgan fingerprint density at radius 2 is 2.03 bits per heavy atom. The zero-order chi connectivity index (χ0) is 25.1. The zero-order valence-electron chi connectivity index (χ0n) is 20.4. The molecule has 2 aliphatic heterocycles. The number of nitrogen functional groups attached to an aromatic ring is 1. The second-order valence-electron chi connectivity index (χ2n) is 9.20. The van der Waals surface area contributed by atoms with Crippen molar-refractivity contribution in [1.29, 1.82) is 0 Å². The highest BCUT2D eigenvalue weighted by Crippen LogP contribution is 2.33. The number of aryl methyl sites for hydroxylation is 1. The molecule has 2 fully saturated rings. The summed E-state index contributed by atoms with van der Waals surface area (Å²) in [4.78, 5) is 50.9. The maximum atomic E-state index is 13.6. The van der Waals surface area contributed by atoms with Crippen LogP contribution in [0.4, 0.5) is 16.6 Å². The first-order valence-electron chi connectivity index (χ1n) is 12.0. The molecule has 1 unspecified atom stereocenters. The van der Waals surface area contributed by atoms with E-state index in [0.717, 1.165) is 29.7 Å². The van der Waals surface area contributed by atoms with Gasteiger partial charge in [-0.2, -0.15) is 0 Å². The Morgan fingerprint density at radius 3 is 2.66 bits per heavy atom. The van der Waals surface area contributed by atoms with E-state index in [2.05, 4.69) is 15.3 Å². The highest BCUT2D eigenvalue weighted by molar-refractivity contribution is 6.12. The van der Waals surface area contributed by atoms with Crippen molar-refractivity contribution in [3.8, 4) is 0 Å². The lowest BCUT2D eigenvalue weighted by molar-refractivity contribution is -0.156. The lowest BCUT2D eigenvalue weighted by Gasteiger charge is -2.46. The minimum atomic E-state index is -0.953. The second-order valence-corrected chi connectivity index (χ2v) is 9.20. The third-order valence-corrected chi connectivity index (χ3v) is 7.00. The van der Waals surface area contributed by atoms with Crippen molar-refractivity contribution >= 4 is 29.6 Å². The third kappa shape index (κ3) is 5.00. The molecule has 11 nitrogen and oxygen atoms in total. The Balaban J connectivity index is 1.56. The van der Waals surface area contributed by atoms with Crippen LogP contribution in [0.2, 0.25) is 0 Å². The van der Waals surface area contributed by atoms with Crippen molar-refractivity contribution in [3.63, 3.8) is 0 Å². The van der Waals surface area contributed by atoms with E-state index in [1.807, 2.05) is 6.92 Å². The van der Waals surface area contributed by atoms with Crippen LogP contribution < -0.4 is 16.0 Å². The summed E-state index contributed by atoms with van der Waals surface area (Å²) in [7, 11) is 3.38. The Labute approximate surface area is 204 Å². The topological polar surface area (TPSA) is 136 Å². The van der Waals surface area contributed by atoms with Crippen molar-refractivity contribution in [2.45, 2.75) is 44.7 Å². The van der Waals surface area contributed by atoms with Crippen LogP contribution in [0.1, 0.15) is 31.7 Å². The van der Waals surface area contributed by atoms with Gasteiger partial charge < -0.3 is 20.4 Å². The number of anilines is 2. The number of aromatic nitrogens is 3. The minimum Gasteiger partial charge on any atom is -0.384 e. The Morgan fingerprint density at radius 1 is 1.29 bits per heavy atom.